The second-order valence-corrected chi connectivity index (χ2v) is 5.04. The molecular weight excluding hydrogens is 304 g/mol. The van der Waals surface area contributed by atoms with Crippen molar-refractivity contribution in [3.63, 3.8) is 0 Å². The van der Waals surface area contributed by atoms with Gasteiger partial charge in [0.15, 0.2) is 0 Å². The fourth-order valence-electron chi connectivity index (χ4n) is 1.45. The predicted molar refractivity (Wildman–Crippen MR) is 72.3 cm³/mol. The van der Waals surface area contributed by atoms with Gasteiger partial charge in [-0.25, -0.2) is 4.98 Å². The van der Waals surface area contributed by atoms with Crippen molar-refractivity contribution in [3.8, 4) is 11.3 Å². The van der Waals surface area contributed by atoms with Gasteiger partial charge in [-0.2, -0.15) is 0 Å². The number of halogens is 2. The summed E-state index contributed by atoms with van der Waals surface area (Å²) in [5.41, 5.74) is 1.27. The zero-order valence-electron chi connectivity index (χ0n) is 9.08. The van der Waals surface area contributed by atoms with E-state index in [4.69, 9.17) is 11.6 Å². The lowest BCUT2D eigenvalue weighted by atomic mass is 10.1. The lowest BCUT2D eigenvalue weighted by Gasteiger charge is -2.07. The van der Waals surface area contributed by atoms with Gasteiger partial charge in [0, 0.05) is 5.56 Å². The van der Waals surface area contributed by atoms with Crippen LogP contribution in [0.15, 0.2) is 39.6 Å². The Bertz CT molecular complexity index is 581. The van der Waals surface area contributed by atoms with E-state index in [1.165, 1.54) is 0 Å². The van der Waals surface area contributed by atoms with Gasteiger partial charge in [-0.1, -0.05) is 30.3 Å². The fraction of sp³-hybridized carbons (Fsp3) is 0.167. The maximum Gasteiger partial charge on any atom is 0.265 e. The van der Waals surface area contributed by atoms with Gasteiger partial charge in [-0.3, -0.25) is 4.79 Å². The lowest BCUT2D eigenvalue weighted by Crippen LogP contribution is -2.14. The van der Waals surface area contributed by atoms with E-state index < -0.39 is 0 Å². The first-order valence-corrected chi connectivity index (χ1v) is 6.31. The van der Waals surface area contributed by atoms with Crippen LogP contribution in [-0.4, -0.2) is 9.97 Å². The summed E-state index contributed by atoms with van der Waals surface area (Å²) in [4.78, 5) is 18.7. The second-order valence-electron chi connectivity index (χ2n) is 3.60. The first kappa shape index (κ1) is 12.3. The molecule has 1 aromatic heterocycles. The summed E-state index contributed by atoms with van der Waals surface area (Å²) in [7, 11) is 0. The minimum atomic E-state index is -0.335. The molecule has 1 atom stereocenters. The van der Waals surface area contributed by atoms with E-state index >= 15 is 0 Å². The summed E-state index contributed by atoms with van der Waals surface area (Å²) in [5.74, 6) is 0.471. The quantitative estimate of drug-likeness (QED) is 0.863. The van der Waals surface area contributed by atoms with Crippen LogP contribution < -0.4 is 5.56 Å². The van der Waals surface area contributed by atoms with Gasteiger partial charge in [0.2, 0.25) is 0 Å². The minimum absolute atomic E-state index is 0.221. The van der Waals surface area contributed by atoms with Crippen molar-refractivity contribution in [2.75, 3.05) is 0 Å². The van der Waals surface area contributed by atoms with Crippen molar-refractivity contribution >= 4 is 27.5 Å². The highest BCUT2D eigenvalue weighted by Gasteiger charge is 2.13. The zero-order chi connectivity index (χ0) is 12.4. The average Bonchev–Trinajstić information content (AvgIpc) is 2.33. The number of aromatic amines is 1. The minimum Gasteiger partial charge on any atom is -0.308 e. The van der Waals surface area contributed by atoms with E-state index in [1.807, 2.05) is 30.3 Å². The van der Waals surface area contributed by atoms with E-state index in [9.17, 15) is 4.79 Å². The molecule has 0 saturated carbocycles. The number of benzene rings is 1. The molecule has 0 spiro atoms. The molecule has 0 amide bonds. The number of H-pyrrole nitrogens is 1. The summed E-state index contributed by atoms with van der Waals surface area (Å²) in [6.45, 7) is 1.77. The number of rotatable bonds is 2. The zero-order valence-corrected chi connectivity index (χ0v) is 11.4. The van der Waals surface area contributed by atoms with Gasteiger partial charge in [0.05, 0.1) is 11.1 Å². The molecular formula is C12H10BrClN2O. The van der Waals surface area contributed by atoms with Crippen molar-refractivity contribution in [2.24, 2.45) is 0 Å². The first-order valence-electron chi connectivity index (χ1n) is 5.09. The van der Waals surface area contributed by atoms with Gasteiger partial charge in [-0.15, -0.1) is 11.6 Å². The van der Waals surface area contributed by atoms with Crippen LogP contribution in [0.2, 0.25) is 0 Å². The number of alkyl halides is 1. The van der Waals surface area contributed by atoms with Crippen molar-refractivity contribution in [1.82, 2.24) is 9.97 Å². The van der Waals surface area contributed by atoms with Crippen LogP contribution >= 0.6 is 27.5 Å². The Balaban J connectivity index is 2.65. The molecule has 2 rings (SSSR count). The molecule has 0 radical (unpaired) electrons. The summed E-state index contributed by atoms with van der Waals surface area (Å²) < 4.78 is 0.421. The lowest BCUT2D eigenvalue weighted by molar-refractivity contribution is 0.891. The molecule has 1 unspecified atom stereocenters. The SMILES string of the molecule is CC(Cl)c1nc(-c2ccccc2)c(Br)c(=O)[nH]1. The monoisotopic (exact) mass is 312 g/mol. The molecule has 88 valence electrons. The summed E-state index contributed by atoms with van der Waals surface area (Å²) in [5, 5.41) is -0.335. The average molecular weight is 314 g/mol. The normalized spacial score (nSPS) is 12.4. The number of hydrogen-bond acceptors (Lipinski definition) is 2. The van der Waals surface area contributed by atoms with Crippen molar-refractivity contribution in [3.05, 3.63) is 51.0 Å². The third kappa shape index (κ3) is 2.58. The molecule has 2 aromatic rings. The molecule has 3 nitrogen and oxygen atoms in total. The molecule has 0 aliphatic carbocycles. The number of nitrogens with zero attached hydrogens (tertiary/aromatic N) is 1. The Hall–Kier alpha value is -1.13. The maximum absolute atomic E-state index is 11.7. The highest BCUT2D eigenvalue weighted by Crippen LogP contribution is 2.25. The molecule has 0 fully saturated rings. The Morgan fingerprint density at radius 3 is 2.59 bits per heavy atom. The highest BCUT2D eigenvalue weighted by atomic mass is 79.9. The third-order valence-corrected chi connectivity index (χ3v) is 3.25. The highest BCUT2D eigenvalue weighted by molar-refractivity contribution is 9.10. The Kier molecular flexibility index (Phi) is 3.64. The van der Waals surface area contributed by atoms with E-state index in [2.05, 4.69) is 25.9 Å². The van der Waals surface area contributed by atoms with Crippen LogP contribution in [0.25, 0.3) is 11.3 Å². The van der Waals surface area contributed by atoms with E-state index in [1.54, 1.807) is 6.92 Å². The fourth-order valence-corrected chi connectivity index (χ4v) is 1.97. The molecule has 1 N–H and O–H groups in total. The van der Waals surface area contributed by atoms with Crippen molar-refractivity contribution < 1.29 is 0 Å². The first-order chi connectivity index (χ1) is 8.09. The van der Waals surface area contributed by atoms with Gasteiger partial charge < -0.3 is 4.98 Å². The van der Waals surface area contributed by atoms with Crippen LogP contribution in [0.4, 0.5) is 0 Å². The predicted octanol–water partition coefficient (Wildman–Crippen LogP) is 3.50. The molecule has 1 heterocycles. The number of nitrogens with one attached hydrogen (secondary N) is 1. The standard InChI is InChI=1S/C12H10BrClN2O/c1-7(14)11-15-10(9(13)12(17)16-11)8-5-3-2-4-6-8/h2-7H,1H3,(H,15,16,17). The van der Waals surface area contributed by atoms with Crippen molar-refractivity contribution in [2.45, 2.75) is 12.3 Å². The van der Waals surface area contributed by atoms with Crippen molar-refractivity contribution in [1.29, 1.82) is 0 Å². The van der Waals surface area contributed by atoms with Crippen LogP contribution in [0, 0.1) is 0 Å². The van der Waals surface area contributed by atoms with Gasteiger partial charge in [-0.05, 0) is 22.9 Å². The molecule has 0 bridgehead atoms. The smallest absolute Gasteiger partial charge is 0.265 e. The van der Waals surface area contributed by atoms with Gasteiger partial charge in [0.1, 0.15) is 10.3 Å². The van der Waals surface area contributed by atoms with Crippen LogP contribution in [0.3, 0.4) is 0 Å². The summed E-state index contributed by atoms with van der Waals surface area (Å²) in [6.07, 6.45) is 0. The molecule has 0 aliphatic heterocycles. The Morgan fingerprint density at radius 2 is 2.00 bits per heavy atom. The Morgan fingerprint density at radius 1 is 1.35 bits per heavy atom. The topological polar surface area (TPSA) is 45.8 Å². The van der Waals surface area contributed by atoms with E-state index in [0.717, 1.165) is 5.56 Å². The Labute approximate surface area is 112 Å². The largest absolute Gasteiger partial charge is 0.308 e. The molecule has 0 aliphatic rings. The van der Waals surface area contributed by atoms with E-state index in [0.29, 0.717) is 16.0 Å². The summed E-state index contributed by atoms with van der Waals surface area (Å²) in [6, 6.07) is 9.50. The second kappa shape index (κ2) is 5.02. The van der Waals surface area contributed by atoms with Crippen LogP contribution in [0.1, 0.15) is 18.1 Å². The molecule has 17 heavy (non-hydrogen) atoms. The number of hydrogen-bond donors (Lipinski definition) is 1. The van der Waals surface area contributed by atoms with Gasteiger partial charge in [0.25, 0.3) is 5.56 Å². The molecule has 5 heteroatoms. The van der Waals surface area contributed by atoms with Crippen LogP contribution in [-0.2, 0) is 0 Å². The third-order valence-electron chi connectivity index (χ3n) is 2.31. The molecule has 1 aromatic carbocycles. The van der Waals surface area contributed by atoms with Gasteiger partial charge >= 0.3 is 0 Å². The molecule has 0 saturated heterocycles. The number of aromatic nitrogens is 2. The maximum atomic E-state index is 11.7. The summed E-state index contributed by atoms with van der Waals surface area (Å²) >= 11 is 9.19. The van der Waals surface area contributed by atoms with E-state index in [-0.39, 0.29) is 10.9 Å². The van der Waals surface area contributed by atoms with Crippen LogP contribution in [0.5, 0.6) is 0 Å².